The maximum Gasteiger partial charge on any atom is 0.310 e. The van der Waals surface area contributed by atoms with Crippen LogP contribution in [0.25, 0.3) is 0 Å². The Balaban J connectivity index is 2.20. The number of benzene rings is 1. The summed E-state index contributed by atoms with van der Waals surface area (Å²) in [5, 5.41) is 9.45. The first-order chi connectivity index (χ1) is 9.77. The molecule has 0 atom stereocenters. The van der Waals surface area contributed by atoms with Gasteiger partial charge in [0.05, 0.1) is 10.4 Å². The maximum absolute atomic E-state index is 12.3. The zero-order valence-electron chi connectivity index (χ0n) is 11.1. The fraction of sp³-hybridized carbons (Fsp3) is 0.462. The monoisotopic (exact) mass is 395 g/mol. The minimum atomic E-state index is -3.83. The molecule has 0 spiro atoms. The summed E-state index contributed by atoms with van der Waals surface area (Å²) in [5.41, 5.74) is -1.01. The van der Waals surface area contributed by atoms with Crippen LogP contribution in [0.15, 0.2) is 27.6 Å². The van der Waals surface area contributed by atoms with Crippen LogP contribution in [-0.2, 0) is 14.8 Å². The van der Waals surface area contributed by atoms with Crippen molar-refractivity contribution in [1.82, 2.24) is 4.72 Å². The van der Waals surface area contributed by atoms with E-state index >= 15 is 0 Å². The lowest BCUT2D eigenvalue weighted by atomic mass is 9.87. The molecule has 1 saturated carbocycles. The summed E-state index contributed by atoms with van der Waals surface area (Å²) in [6, 6.07) is 4.44. The van der Waals surface area contributed by atoms with E-state index in [9.17, 15) is 18.3 Å². The molecule has 0 aromatic heterocycles. The van der Waals surface area contributed by atoms with Gasteiger partial charge in [0.2, 0.25) is 10.0 Å². The van der Waals surface area contributed by atoms with Gasteiger partial charge in [-0.2, -0.15) is 0 Å². The van der Waals surface area contributed by atoms with E-state index in [1.165, 1.54) is 12.1 Å². The Morgan fingerprint density at radius 2 is 2.00 bits per heavy atom. The number of nitrogens with one attached hydrogen (secondary N) is 1. The van der Waals surface area contributed by atoms with Crippen molar-refractivity contribution in [1.29, 1.82) is 0 Å². The fourth-order valence-corrected chi connectivity index (χ4v) is 4.68. The van der Waals surface area contributed by atoms with Crippen molar-refractivity contribution in [3.8, 4) is 0 Å². The Morgan fingerprint density at radius 1 is 1.38 bits per heavy atom. The lowest BCUT2D eigenvalue weighted by Crippen LogP contribution is -2.41. The molecule has 1 aliphatic carbocycles. The molecule has 5 nitrogen and oxygen atoms in total. The van der Waals surface area contributed by atoms with Crippen molar-refractivity contribution in [3.63, 3.8) is 0 Å². The first kappa shape index (κ1) is 16.7. The molecule has 0 saturated heterocycles. The number of hydrogen-bond acceptors (Lipinski definition) is 3. The number of hydrogen-bond donors (Lipinski definition) is 2. The van der Waals surface area contributed by atoms with Gasteiger partial charge in [0.1, 0.15) is 4.90 Å². The van der Waals surface area contributed by atoms with Crippen LogP contribution in [0.2, 0.25) is 5.02 Å². The fourth-order valence-electron chi connectivity index (χ4n) is 2.52. The lowest BCUT2D eigenvalue weighted by molar-refractivity contribution is -0.148. The summed E-state index contributed by atoms with van der Waals surface area (Å²) in [4.78, 5) is 11.4. The zero-order chi connectivity index (χ0) is 15.7. The lowest BCUT2D eigenvalue weighted by Gasteiger charge is -2.24. The summed E-state index contributed by atoms with van der Waals surface area (Å²) in [7, 11) is -3.83. The third-order valence-electron chi connectivity index (χ3n) is 3.80. The Morgan fingerprint density at radius 3 is 2.52 bits per heavy atom. The van der Waals surface area contributed by atoms with Crippen molar-refractivity contribution >= 4 is 43.5 Å². The minimum absolute atomic E-state index is 0.0501. The van der Waals surface area contributed by atoms with E-state index in [-0.39, 0.29) is 16.5 Å². The highest BCUT2D eigenvalue weighted by molar-refractivity contribution is 9.10. The average molecular weight is 397 g/mol. The number of aliphatic carboxylic acids is 1. The molecule has 2 N–H and O–H groups in total. The first-order valence-corrected chi connectivity index (χ1v) is 9.10. The molecular weight excluding hydrogens is 382 g/mol. The Kier molecular flexibility index (Phi) is 4.97. The van der Waals surface area contributed by atoms with E-state index < -0.39 is 21.4 Å². The molecule has 0 unspecified atom stereocenters. The summed E-state index contributed by atoms with van der Waals surface area (Å²) < 4.78 is 27.6. The Hall–Kier alpha value is -0.630. The van der Waals surface area contributed by atoms with Crippen LogP contribution in [0.1, 0.15) is 25.7 Å². The van der Waals surface area contributed by atoms with Gasteiger partial charge in [-0.15, -0.1) is 0 Å². The molecule has 116 valence electrons. The summed E-state index contributed by atoms with van der Waals surface area (Å²) in [5.74, 6) is -0.954. The predicted molar refractivity (Wildman–Crippen MR) is 82.9 cm³/mol. The molecule has 1 aromatic rings. The highest BCUT2D eigenvalue weighted by Crippen LogP contribution is 2.38. The van der Waals surface area contributed by atoms with Crippen molar-refractivity contribution in [2.45, 2.75) is 30.6 Å². The summed E-state index contributed by atoms with van der Waals surface area (Å²) in [6.07, 6.45) is 2.57. The van der Waals surface area contributed by atoms with Crippen LogP contribution in [0, 0.1) is 5.41 Å². The number of carboxylic acids is 1. The highest BCUT2D eigenvalue weighted by Gasteiger charge is 2.42. The van der Waals surface area contributed by atoms with Crippen molar-refractivity contribution in [2.24, 2.45) is 5.41 Å². The molecule has 0 amide bonds. The van der Waals surface area contributed by atoms with Gasteiger partial charge >= 0.3 is 5.97 Å². The molecule has 8 heteroatoms. The second-order valence-electron chi connectivity index (χ2n) is 5.19. The average Bonchev–Trinajstić information content (AvgIpc) is 2.86. The summed E-state index contributed by atoms with van der Waals surface area (Å²) in [6.45, 7) is -0.114. The highest BCUT2D eigenvalue weighted by atomic mass is 79.9. The van der Waals surface area contributed by atoms with Gasteiger partial charge in [-0.3, -0.25) is 4.79 Å². The first-order valence-electron chi connectivity index (χ1n) is 6.45. The molecule has 0 heterocycles. The largest absolute Gasteiger partial charge is 0.481 e. The number of halogens is 2. The van der Waals surface area contributed by atoms with Crippen LogP contribution < -0.4 is 4.72 Å². The van der Waals surface area contributed by atoms with E-state index in [0.29, 0.717) is 17.3 Å². The van der Waals surface area contributed by atoms with Gasteiger partial charge in [-0.05, 0) is 31.0 Å². The summed E-state index contributed by atoms with van der Waals surface area (Å²) >= 11 is 9.15. The van der Waals surface area contributed by atoms with Crippen LogP contribution >= 0.6 is 27.5 Å². The molecule has 0 aliphatic heterocycles. The molecule has 2 rings (SSSR count). The van der Waals surface area contributed by atoms with Crippen LogP contribution in [0.5, 0.6) is 0 Å². The topological polar surface area (TPSA) is 83.5 Å². The van der Waals surface area contributed by atoms with Crippen molar-refractivity contribution in [2.75, 3.05) is 6.54 Å². The van der Waals surface area contributed by atoms with Gasteiger partial charge in [-0.1, -0.05) is 40.4 Å². The van der Waals surface area contributed by atoms with Gasteiger partial charge < -0.3 is 5.11 Å². The third kappa shape index (κ3) is 3.59. The van der Waals surface area contributed by atoms with Gasteiger partial charge in [0.25, 0.3) is 0 Å². The number of carbonyl (C=O) groups is 1. The molecular formula is C13H15BrClNO4S. The number of sulfonamides is 1. The molecule has 1 aromatic carbocycles. The zero-order valence-corrected chi connectivity index (χ0v) is 14.3. The molecule has 1 fully saturated rings. The molecule has 1 aliphatic rings. The predicted octanol–water partition coefficient (Wildman–Crippen LogP) is 3.03. The SMILES string of the molecule is O=C(O)C1(CNS(=O)(=O)c2ccc(Br)cc2Cl)CCCC1. The second-order valence-corrected chi connectivity index (χ2v) is 8.25. The maximum atomic E-state index is 12.3. The smallest absolute Gasteiger partial charge is 0.310 e. The second kappa shape index (κ2) is 6.24. The van der Waals surface area contributed by atoms with Gasteiger partial charge in [0, 0.05) is 11.0 Å². The van der Waals surface area contributed by atoms with E-state index in [1.807, 2.05) is 0 Å². The van der Waals surface area contributed by atoms with Crippen molar-refractivity contribution in [3.05, 3.63) is 27.7 Å². The number of rotatable bonds is 5. The molecule has 21 heavy (non-hydrogen) atoms. The quantitative estimate of drug-likeness (QED) is 0.801. The molecule has 0 bridgehead atoms. The van der Waals surface area contributed by atoms with E-state index in [0.717, 1.165) is 12.8 Å². The van der Waals surface area contributed by atoms with Crippen LogP contribution in [0.3, 0.4) is 0 Å². The standard InChI is InChI=1S/C13H15BrClNO4S/c14-9-3-4-11(10(15)7-9)21(19,20)16-8-13(12(17)18)5-1-2-6-13/h3-4,7,16H,1-2,5-6,8H2,(H,17,18). The normalized spacial score (nSPS) is 17.8. The van der Waals surface area contributed by atoms with Gasteiger partial charge in [0.15, 0.2) is 0 Å². The number of carboxylic acid groups (broad SMARTS) is 1. The van der Waals surface area contributed by atoms with E-state index in [4.69, 9.17) is 11.6 Å². The van der Waals surface area contributed by atoms with E-state index in [2.05, 4.69) is 20.7 Å². The van der Waals surface area contributed by atoms with Crippen LogP contribution in [0.4, 0.5) is 0 Å². The van der Waals surface area contributed by atoms with Gasteiger partial charge in [-0.25, -0.2) is 13.1 Å². The third-order valence-corrected chi connectivity index (χ3v) is 6.18. The van der Waals surface area contributed by atoms with E-state index in [1.54, 1.807) is 6.07 Å². The Labute approximate surface area is 136 Å². The van der Waals surface area contributed by atoms with Crippen molar-refractivity contribution < 1.29 is 18.3 Å². The minimum Gasteiger partial charge on any atom is -0.481 e. The molecule has 0 radical (unpaired) electrons. The Bertz CT molecular complexity index is 656. The van der Waals surface area contributed by atoms with Crippen LogP contribution in [-0.4, -0.2) is 26.0 Å².